The number of anilines is 2. The molecular formula is C19H21ClN2O5S. The van der Waals surface area contributed by atoms with Gasteiger partial charge >= 0.3 is 5.97 Å². The molecule has 1 N–H and O–H groups in total. The third kappa shape index (κ3) is 5.24. The molecule has 2 aromatic carbocycles. The van der Waals surface area contributed by atoms with Crippen molar-refractivity contribution in [3.63, 3.8) is 0 Å². The van der Waals surface area contributed by atoms with E-state index >= 15 is 0 Å². The molecule has 0 saturated heterocycles. The first kappa shape index (κ1) is 21.7. The van der Waals surface area contributed by atoms with E-state index < -0.39 is 27.9 Å². The van der Waals surface area contributed by atoms with Crippen molar-refractivity contribution in [1.82, 2.24) is 0 Å². The molecule has 0 radical (unpaired) electrons. The molecule has 2 aromatic rings. The summed E-state index contributed by atoms with van der Waals surface area (Å²) in [6, 6.07) is 11.5. The van der Waals surface area contributed by atoms with Gasteiger partial charge in [0.15, 0.2) is 0 Å². The lowest BCUT2D eigenvalue weighted by atomic mass is 10.1. The molecule has 7 nitrogen and oxygen atoms in total. The zero-order valence-corrected chi connectivity index (χ0v) is 17.3. The number of rotatable bonds is 7. The highest BCUT2D eigenvalue weighted by Gasteiger charge is 2.30. The summed E-state index contributed by atoms with van der Waals surface area (Å²) in [6.07, 6.45) is 1.00. The Hall–Kier alpha value is -2.58. The fourth-order valence-electron chi connectivity index (χ4n) is 2.64. The third-order valence-electron chi connectivity index (χ3n) is 3.83. The summed E-state index contributed by atoms with van der Waals surface area (Å²) in [5.74, 6) is -1.19. The molecule has 0 aliphatic carbocycles. The third-order valence-corrected chi connectivity index (χ3v) is 5.31. The van der Waals surface area contributed by atoms with Crippen LogP contribution in [0.15, 0.2) is 48.5 Å². The number of ether oxygens (including phenoxy) is 1. The fourth-order valence-corrected chi connectivity index (χ4v) is 3.99. The molecule has 9 heteroatoms. The van der Waals surface area contributed by atoms with Gasteiger partial charge in [0.1, 0.15) is 6.04 Å². The van der Waals surface area contributed by atoms with E-state index in [1.165, 1.54) is 19.1 Å². The van der Waals surface area contributed by atoms with Crippen LogP contribution >= 0.6 is 11.6 Å². The first-order valence-electron chi connectivity index (χ1n) is 8.47. The zero-order chi connectivity index (χ0) is 20.9. The fraction of sp³-hybridized carbons (Fsp3) is 0.263. The maximum absolute atomic E-state index is 12.8. The van der Waals surface area contributed by atoms with Gasteiger partial charge in [-0.2, -0.15) is 0 Å². The lowest BCUT2D eigenvalue weighted by Gasteiger charge is -2.28. The highest BCUT2D eigenvalue weighted by atomic mass is 35.5. The van der Waals surface area contributed by atoms with Gasteiger partial charge in [-0.25, -0.2) is 13.2 Å². The smallest absolute Gasteiger partial charge is 0.340 e. The summed E-state index contributed by atoms with van der Waals surface area (Å²) in [4.78, 5) is 24.9. The van der Waals surface area contributed by atoms with Gasteiger partial charge in [0.2, 0.25) is 15.9 Å². The minimum Gasteiger partial charge on any atom is -0.462 e. The van der Waals surface area contributed by atoms with Crippen LogP contribution in [0.4, 0.5) is 11.4 Å². The number of amides is 1. The molecule has 150 valence electrons. The lowest BCUT2D eigenvalue weighted by molar-refractivity contribution is -0.116. The molecular weight excluding hydrogens is 404 g/mol. The van der Waals surface area contributed by atoms with E-state index in [1.54, 1.807) is 43.3 Å². The van der Waals surface area contributed by atoms with Crippen LogP contribution in [0, 0.1) is 0 Å². The number of esters is 1. The van der Waals surface area contributed by atoms with Crippen LogP contribution in [-0.4, -0.2) is 39.2 Å². The average Bonchev–Trinajstić information content (AvgIpc) is 2.61. The molecule has 0 spiro atoms. The van der Waals surface area contributed by atoms with Crippen molar-refractivity contribution < 1.29 is 22.7 Å². The van der Waals surface area contributed by atoms with Crippen LogP contribution in [0.25, 0.3) is 0 Å². The van der Waals surface area contributed by atoms with E-state index in [2.05, 4.69) is 5.32 Å². The van der Waals surface area contributed by atoms with Crippen LogP contribution in [0.2, 0.25) is 5.02 Å². The first-order chi connectivity index (χ1) is 13.1. The Kier molecular flexibility index (Phi) is 7.04. The van der Waals surface area contributed by atoms with Gasteiger partial charge in [-0.3, -0.25) is 9.10 Å². The standard InChI is InChI=1S/C19H21ClN2O5S/c1-4-27-19(24)16-10-5-6-11-17(16)21-18(23)13(2)22(28(3,25)26)15-9-7-8-14(20)12-15/h5-13H,4H2,1-3H3,(H,21,23)/t13-/m1/s1. The Morgan fingerprint density at radius 3 is 2.46 bits per heavy atom. The Bertz CT molecular complexity index is 978. The van der Waals surface area contributed by atoms with Crippen molar-refractivity contribution in [2.45, 2.75) is 19.9 Å². The van der Waals surface area contributed by atoms with Gasteiger partial charge < -0.3 is 10.1 Å². The number of sulfonamides is 1. The Morgan fingerprint density at radius 1 is 1.18 bits per heavy atom. The van der Waals surface area contributed by atoms with E-state index in [9.17, 15) is 18.0 Å². The number of hydrogen-bond acceptors (Lipinski definition) is 5. The van der Waals surface area contributed by atoms with Crippen LogP contribution in [-0.2, 0) is 19.6 Å². The van der Waals surface area contributed by atoms with Crippen molar-refractivity contribution in [3.05, 3.63) is 59.1 Å². The minimum absolute atomic E-state index is 0.179. The van der Waals surface area contributed by atoms with Gasteiger partial charge in [0.25, 0.3) is 0 Å². The van der Waals surface area contributed by atoms with E-state index in [-0.39, 0.29) is 23.5 Å². The van der Waals surface area contributed by atoms with E-state index in [1.807, 2.05) is 0 Å². The number of nitrogens with zero attached hydrogens (tertiary/aromatic N) is 1. The Morgan fingerprint density at radius 2 is 1.86 bits per heavy atom. The van der Waals surface area contributed by atoms with E-state index in [0.717, 1.165) is 10.6 Å². The zero-order valence-electron chi connectivity index (χ0n) is 15.7. The summed E-state index contributed by atoms with van der Waals surface area (Å²) >= 11 is 5.96. The molecule has 0 aliphatic heterocycles. The molecule has 0 aliphatic rings. The molecule has 0 saturated carbocycles. The molecule has 0 fully saturated rings. The summed E-state index contributed by atoms with van der Waals surface area (Å²) in [5.41, 5.74) is 0.673. The number of carbonyl (C=O) groups is 2. The normalized spacial score (nSPS) is 12.1. The van der Waals surface area contributed by atoms with Crippen LogP contribution in [0.1, 0.15) is 24.2 Å². The largest absolute Gasteiger partial charge is 0.462 e. The quantitative estimate of drug-likeness (QED) is 0.688. The number of halogens is 1. The molecule has 2 rings (SSSR count). The number of para-hydroxylation sites is 1. The van der Waals surface area contributed by atoms with Crippen molar-refractivity contribution in [2.75, 3.05) is 22.5 Å². The average molecular weight is 425 g/mol. The van der Waals surface area contributed by atoms with Gasteiger partial charge in [0, 0.05) is 5.02 Å². The van der Waals surface area contributed by atoms with Crippen molar-refractivity contribution in [2.24, 2.45) is 0 Å². The second kappa shape index (κ2) is 9.07. The SMILES string of the molecule is CCOC(=O)c1ccccc1NC(=O)[C@@H](C)N(c1cccc(Cl)c1)S(C)(=O)=O. The number of nitrogens with one attached hydrogen (secondary N) is 1. The van der Waals surface area contributed by atoms with Crippen LogP contribution in [0.3, 0.4) is 0 Å². The van der Waals surface area contributed by atoms with E-state index in [4.69, 9.17) is 16.3 Å². The summed E-state index contributed by atoms with van der Waals surface area (Å²) in [7, 11) is -3.78. The molecule has 1 atom stereocenters. The summed E-state index contributed by atoms with van der Waals surface area (Å²) in [6.45, 7) is 3.31. The summed E-state index contributed by atoms with van der Waals surface area (Å²) < 4.78 is 30.6. The topological polar surface area (TPSA) is 92.8 Å². The van der Waals surface area contributed by atoms with Crippen molar-refractivity contribution in [1.29, 1.82) is 0 Å². The van der Waals surface area contributed by atoms with Gasteiger partial charge in [-0.15, -0.1) is 0 Å². The maximum atomic E-state index is 12.8. The molecule has 28 heavy (non-hydrogen) atoms. The highest BCUT2D eigenvalue weighted by Crippen LogP contribution is 2.25. The van der Waals surface area contributed by atoms with Crippen LogP contribution in [0.5, 0.6) is 0 Å². The number of benzene rings is 2. The van der Waals surface area contributed by atoms with Gasteiger partial charge in [-0.1, -0.05) is 29.8 Å². The molecule has 1 amide bonds. The highest BCUT2D eigenvalue weighted by molar-refractivity contribution is 7.92. The maximum Gasteiger partial charge on any atom is 0.340 e. The Balaban J connectivity index is 2.34. The lowest BCUT2D eigenvalue weighted by Crippen LogP contribution is -2.45. The predicted octanol–water partition coefficient (Wildman–Crippen LogP) is 3.31. The molecule has 0 heterocycles. The van der Waals surface area contributed by atoms with Gasteiger partial charge in [-0.05, 0) is 44.2 Å². The van der Waals surface area contributed by atoms with Crippen molar-refractivity contribution >= 4 is 44.9 Å². The van der Waals surface area contributed by atoms with Crippen LogP contribution < -0.4 is 9.62 Å². The first-order valence-corrected chi connectivity index (χ1v) is 10.7. The molecule has 0 bridgehead atoms. The second-order valence-corrected chi connectivity index (χ2v) is 8.27. The Labute approximate surface area is 169 Å². The second-order valence-electron chi connectivity index (χ2n) is 5.97. The number of hydrogen-bond donors (Lipinski definition) is 1. The summed E-state index contributed by atoms with van der Waals surface area (Å²) in [5, 5.41) is 2.95. The monoisotopic (exact) mass is 424 g/mol. The minimum atomic E-state index is -3.78. The molecule has 0 aromatic heterocycles. The molecule has 0 unspecified atom stereocenters. The van der Waals surface area contributed by atoms with Crippen molar-refractivity contribution in [3.8, 4) is 0 Å². The number of carbonyl (C=O) groups excluding carboxylic acids is 2. The predicted molar refractivity (Wildman–Crippen MR) is 109 cm³/mol. The van der Waals surface area contributed by atoms with Gasteiger partial charge in [0.05, 0.1) is 29.8 Å². The van der Waals surface area contributed by atoms with E-state index in [0.29, 0.717) is 5.02 Å².